The van der Waals surface area contributed by atoms with Crippen molar-refractivity contribution >= 4 is 0 Å². The van der Waals surface area contributed by atoms with Crippen LogP contribution in [0.5, 0.6) is 0 Å². The smallest absolute Gasteiger partial charge is 0.392 e. The second-order valence-electron chi connectivity index (χ2n) is 6.33. The molecule has 0 saturated heterocycles. The van der Waals surface area contributed by atoms with Gasteiger partial charge in [-0.1, -0.05) is 20.8 Å². The molecule has 22 heavy (non-hydrogen) atoms. The topological polar surface area (TPSA) is 60.5 Å². The number of hydrogen-bond acceptors (Lipinski definition) is 5. The van der Waals surface area contributed by atoms with E-state index >= 15 is 0 Å². The summed E-state index contributed by atoms with van der Waals surface area (Å²) in [5, 5.41) is 4.28. The van der Waals surface area contributed by atoms with Gasteiger partial charge in [0.15, 0.2) is 0 Å². The van der Waals surface area contributed by atoms with Gasteiger partial charge < -0.3 is 9.15 Å². The van der Waals surface area contributed by atoms with Crippen LogP contribution in [0.4, 0.5) is 0 Å². The number of aromatic nitrogens is 2. The van der Waals surface area contributed by atoms with E-state index in [2.05, 4.69) is 30.9 Å². The van der Waals surface area contributed by atoms with Crippen molar-refractivity contribution in [3.63, 3.8) is 0 Å². The molecule has 0 amide bonds. The molecule has 0 aromatic carbocycles. The average molecular weight is 311 g/mol. The standard InChI is InChI=1S/C16H29N3O3/c1-6-9-14-17-19(15(20)22-14)11-18(4)12-10-13(21-5)16(12,7-2)8-3/h12-13H,6-11H2,1-5H3/t12-,13-/m0/s1. The summed E-state index contributed by atoms with van der Waals surface area (Å²) in [6.45, 7) is 6.95. The summed E-state index contributed by atoms with van der Waals surface area (Å²) in [5.41, 5.74) is 0.170. The molecule has 1 saturated carbocycles. The number of aryl methyl sites for hydroxylation is 1. The highest BCUT2D eigenvalue weighted by molar-refractivity contribution is 5.06. The van der Waals surface area contributed by atoms with Gasteiger partial charge in [-0.2, -0.15) is 4.68 Å². The van der Waals surface area contributed by atoms with E-state index in [4.69, 9.17) is 9.15 Å². The Bertz CT molecular complexity index is 533. The Kier molecular flexibility index (Phi) is 5.45. The van der Waals surface area contributed by atoms with Crippen molar-refractivity contribution in [1.29, 1.82) is 0 Å². The van der Waals surface area contributed by atoms with E-state index in [0.717, 1.165) is 25.7 Å². The maximum absolute atomic E-state index is 11.9. The number of ether oxygens (including phenoxy) is 1. The van der Waals surface area contributed by atoms with Crippen molar-refractivity contribution in [1.82, 2.24) is 14.7 Å². The number of hydrogen-bond donors (Lipinski definition) is 0. The van der Waals surface area contributed by atoms with E-state index in [1.54, 1.807) is 7.11 Å². The molecule has 1 fully saturated rings. The first-order valence-electron chi connectivity index (χ1n) is 8.32. The van der Waals surface area contributed by atoms with E-state index < -0.39 is 0 Å². The fraction of sp³-hybridized carbons (Fsp3) is 0.875. The van der Waals surface area contributed by atoms with Gasteiger partial charge in [0.25, 0.3) is 0 Å². The number of nitrogens with zero attached hydrogens (tertiary/aromatic N) is 3. The van der Waals surface area contributed by atoms with Crippen molar-refractivity contribution in [2.45, 2.75) is 71.7 Å². The Morgan fingerprint density at radius 2 is 2.09 bits per heavy atom. The van der Waals surface area contributed by atoms with E-state index in [0.29, 0.717) is 31.1 Å². The molecule has 2 rings (SSSR count). The molecule has 0 radical (unpaired) electrons. The Labute approximate surface area is 132 Å². The molecule has 0 unspecified atom stereocenters. The van der Waals surface area contributed by atoms with Crippen molar-refractivity contribution in [3.8, 4) is 0 Å². The predicted octanol–water partition coefficient (Wildman–Crippen LogP) is 2.27. The lowest BCUT2D eigenvalue weighted by Crippen LogP contribution is -2.63. The molecule has 1 aliphatic carbocycles. The van der Waals surface area contributed by atoms with Crippen LogP contribution in [-0.2, 0) is 17.8 Å². The molecule has 126 valence electrons. The molecule has 6 heteroatoms. The minimum Gasteiger partial charge on any atom is -0.392 e. The first-order valence-corrected chi connectivity index (χ1v) is 8.32. The molecule has 0 aliphatic heterocycles. The Balaban J connectivity index is 2.09. The molecule has 1 heterocycles. The van der Waals surface area contributed by atoms with Crippen LogP contribution < -0.4 is 5.76 Å². The van der Waals surface area contributed by atoms with Crippen molar-refractivity contribution in [2.75, 3.05) is 14.2 Å². The van der Waals surface area contributed by atoms with Crippen LogP contribution in [-0.4, -0.2) is 41.0 Å². The molecule has 1 aromatic rings. The van der Waals surface area contributed by atoms with E-state index in [1.165, 1.54) is 4.68 Å². The van der Waals surface area contributed by atoms with Crippen LogP contribution >= 0.6 is 0 Å². The predicted molar refractivity (Wildman–Crippen MR) is 84.7 cm³/mol. The van der Waals surface area contributed by atoms with E-state index in [-0.39, 0.29) is 11.2 Å². The van der Waals surface area contributed by atoms with Crippen LogP contribution in [0, 0.1) is 5.41 Å². The van der Waals surface area contributed by atoms with Crippen molar-refractivity contribution in [3.05, 3.63) is 16.4 Å². The van der Waals surface area contributed by atoms with E-state index in [9.17, 15) is 4.79 Å². The molecule has 1 aliphatic rings. The van der Waals surface area contributed by atoms with Crippen LogP contribution in [0.25, 0.3) is 0 Å². The Morgan fingerprint density at radius 1 is 1.41 bits per heavy atom. The SMILES string of the molecule is CCCc1nn(CN(C)[C@H]2C[C@H](OC)C2(CC)CC)c(=O)o1. The Morgan fingerprint density at radius 3 is 2.64 bits per heavy atom. The highest BCUT2D eigenvalue weighted by Gasteiger charge is 2.54. The van der Waals surface area contributed by atoms with Gasteiger partial charge in [0, 0.05) is 25.0 Å². The summed E-state index contributed by atoms with van der Waals surface area (Å²) in [7, 11) is 3.84. The summed E-state index contributed by atoms with van der Waals surface area (Å²) in [6.07, 6.45) is 5.08. The third-order valence-corrected chi connectivity index (χ3v) is 5.34. The van der Waals surface area contributed by atoms with Crippen molar-refractivity contribution in [2.24, 2.45) is 5.41 Å². The van der Waals surface area contributed by atoms with Gasteiger partial charge in [-0.05, 0) is 32.7 Å². The molecular formula is C16H29N3O3. The maximum atomic E-state index is 11.9. The summed E-state index contributed by atoms with van der Waals surface area (Å²) < 4.78 is 12.3. The minimum atomic E-state index is -0.364. The van der Waals surface area contributed by atoms with Gasteiger partial charge >= 0.3 is 5.76 Å². The highest BCUT2D eigenvalue weighted by Crippen LogP contribution is 2.50. The van der Waals surface area contributed by atoms with Gasteiger partial charge in [0.1, 0.15) is 6.67 Å². The quantitative estimate of drug-likeness (QED) is 0.737. The van der Waals surface area contributed by atoms with Gasteiger partial charge in [-0.3, -0.25) is 4.90 Å². The van der Waals surface area contributed by atoms with Gasteiger partial charge in [-0.15, -0.1) is 5.10 Å². The third kappa shape index (κ3) is 2.86. The average Bonchev–Trinajstić information content (AvgIpc) is 2.80. The summed E-state index contributed by atoms with van der Waals surface area (Å²) in [6, 6.07) is 0.408. The molecule has 0 N–H and O–H groups in total. The second kappa shape index (κ2) is 6.96. The Hall–Kier alpha value is -1.14. The maximum Gasteiger partial charge on any atom is 0.438 e. The van der Waals surface area contributed by atoms with Crippen LogP contribution in [0.2, 0.25) is 0 Å². The number of methoxy groups -OCH3 is 1. The lowest BCUT2D eigenvalue weighted by molar-refractivity contribution is -0.162. The van der Waals surface area contributed by atoms with Crippen LogP contribution in [0.1, 0.15) is 52.3 Å². The van der Waals surface area contributed by atoms with Crippen LogP contribution in [0.15, 0.2) is 9.21 Å². The lowest BCUT2D eigenvalue weighted by Gasteiger charge is -2.57. The largest absolute Gasteiger partial charge is 0.438 e. The highest BCUT2D eigenvalue weighted by atomic mass is 16.5. The lowest BCUT2D eigenvalue weighted by atomic mass is 9.58. The zero-order chi connectivity index (χ0) is 16.3. The zero-order valence-electron chi connectivity index (χ0n) is 14.5. The van der Waals surface area contributed by atoms with Crippen LogP contribution in [0.3, 0.4) is 0 Å². The summed E-state index contributed by atoms with van der Waals surface area (Å²) >= 11 is 0. The van der Waals surface area contributed by atoms with Gasteiger partial charge in [0.05, 0.1) is 6.10 Å². The van der Waals surface area contributed by atoms with Gasteiger partial charge in [0.2, 0.25) is 5.89 Å². The third-order valence-electron chi connectivity index (χ3n) is 5.34. The molecule has 1 aromatic heterocycles. The molecule has 0 bridgehead atoms. The first-order chi connectivity index (χ1) is 10.5. The molecule has 6 nitrogen and oxygen atoms in total. The molecule has 2 atom stereocenters. The number of rotatable bonds is 8. The molecule has 0 spiro atoms. The second-order valence-corrected chi connectivity index (χ2v) is 6.33. The van der Waals surface area contributed by atoms with Crippen molar-refractivity contribution < 1.29 is 9.15 Å². The summed E-state index contributed by atoms with van der Waals surface area (Å²) in [4.78, 5) is 14.1. The summed E-state index contributed by atoms with van der Waals surface area (Å²) in [5.74, 6) is 0.165. The van der Waals surface area contributed by atoms with E-state index in [1.807, 2.05) is 6.92 Å². The fourth-order valence-electron chi connectivity index (χ4n) is 3.92. The zero-order valence-corrected chi connectivity index (χ0v) is 14.5. The normalized spacial score (nSPS) is 23.7. The molecular weight excluding hydrogens is 282 g/mol. The fourth-order valence-corrected chi connectivity index (χ4v) is 3.92. The minimum absolute atomic E-state index is 0.170. The monoisotopic (exact) mass is 311 g/mol. The van der Waals surface area contributed by atoms with Gasteiger partial charge in [-0.25, -0.2) is 4.79 Å². The first kappa shape index (κ1) is 17.2.